The topological polar surface area (TPSA) is 128 Å². The molecule has 8 saturated heterocycles. The van der Waals surface area contributed by atoms with Crippen molar-refractivity contribution in [3.05, 3.63) is 37.0 Å². The summed E-state index contributed by atoms with van der Waals surface area (Å²) in [6.45, 7) is 36.5. The van der Waals surface area contributed by atoms with Gasteiger partial charge in [0.2, 0.25) is 0 Å². The third kappa shape index (κ3) is 13.1. The Morgan fingerprint density at radius 3 is 1.97 bits per heavy atom. The van der Waals surface area contributed by atoms with Gasteiger partial charge in [-0.15, -0.1) is 6.58 Å². The van der Waals surface area contributed by atoms with Crippen LogP contribution < -0.4 is 0 Å². The smallest absolute Gasteiger partial charge is 0.305 e. The summed E-state index contributed by atoms with van der Waals surface area (Å²) < 4.78 is 81.7. The highest BCUT2D eigenvalue weighted by Crippen LogP contribution is 2.54. The Balaban J connectivity index is 0.980. The van der Waals surface area contributed by atoms with E-state index >= 15 is 0 Å². The summed E-state index contributed by atoms with van der Waals surface area (Å²) in [5.74, 6) is -1.00. The first-order valence-corrected chi connectivity index (χ1v) is 37.3. The van der Waals surface area contributed by atoms with Gasteiger partial charge < -0.3 is 55.9 Å². The minimum absolute atomic E-state index is 0.0147. The van der Waals surface area contributed by atoms with Crippen molar-refractivity contribution in [2.45, 2.75) is 292 Å². The number of methoxy groups -OCH3 is 2. The lowest BCUT2D eigenvalue weighted by Crippen LogP contribution is -2.62. The van der Waals surface area contributed by atoms with Crippen LogP contribution in [0.3, 0.4) is 0 Å². The molecule has 16 heteroatoms. The van der Waals surface area contributed by atoms with Gasteiger partial charge in [-0.3, -0.25) is 4.79 Å². The summed E-state index contributed by atoms with van der Waals surface area (Å²) in [4.78, 5) is 13.1. The Morgan fingerprint density at radius 1 is 0.716 bits per heavy atom. The molecule has 8 aliphatic rings. The largest absolute Gasteiger partial charge is 0.469 e. The summed E-state index contributed by atoms with van der Waals surface area (Å²) >= 11 is 0. The van der Waals surface area contributed by atoms with Crippen molar-refractivity contribution in [3.8, 4) is 0 Å². The van der Waals surface area contributed by atoms with E-state index in [1.54, 1.807) is 7.11 Å². The fourth-order valence-electron chi connectivity index (χ4n) is 14.3. The molecule has 0 aliphatic carbocycles. The van der Waals surface area contributed by atoms with Crippen LogP contribution in [0, 0.1) is 11.8 Å². The normalized spacial score (nSPS) is 37.5. The fraction of sp³-hybridized carbons (Fsp3) is 0.879. The molecule has 0 unspecified atom stereocenters. The zero-order chi connectivity index (χ0) is 53.6. The molecule has 0 radical (unpaired) electrons. The Hall–Kier alpha value is -1.10. The molecular weight excluding hydrogens is 989 g/mol. The molecule has 0 aromatic carbocycles. The predicted molar refractivity (Wildman–Crippen MR) is 298 cm³/mol. The van der Waals surface area contributed by atoms with Crippen LogP contribution in [-0.4, -0.2) is 149 Å². The zero-order valence-electron chi connectivity index (χ0n) is 48.2. The molecule has 8 heterocycles. The van der Waals surface area contributed by atoms with E-state index in [0.717, 1.165) is 97.6 Å². The van der Waals surface area contributed by atoms with Crippen molar-refractivity contribution in [2.75, 3.05) is 20.8 Å². The van der Waals surface area contributed by atoms with Gasteiger partial charge in [-0.1, -0.05) is 88.5 Å². The molecule has 13 nitrogen and oxygen atoms in total. The lowest BCUT2D eigenvalue weighted by Gasteiger charge is -2.47. The SMILES string of the molecule is C=CC[C@@H]1O[C@H]2[C@@H]3O[C@H]4C[C@](CC[C@H]5CC(=C)[C@H](CC[C@H]6C[C@@H](C)C(=C)[C@@H](C[C@@H]7O[C@H](C[C@@H](CO[Si](CC)(CC)CC)O[Si](CC)(CC)CC)[C@H](OC)[C@H]7CC(=O)OC)O6)O5)(O[C@@H]3[C@H]1O[Si](CC)(CC)CC)O[C@H]24. The van der Waals surface area contributed by atoms with E-state index in [-0.39, 0.29) is 116 Å². The Morgan fingerprint density at radius 2 is 1.35 bits per heavy atom. The van der Waals surface area contributed by atoms with Crippen molar-refractivity contribution < 1.29 is 60.7 Å². The Labute approximate surface area is 450 Å². The van der Waals surface area contributed by atoms with E-state index in [2.05, 4.69) is 89.0 Å². The maximum absolute atomic E-state index is 13.1. The highest BCUT2D eigenvalue weighted by atomic mass is 28.4. The van der Waals surface area contributed by atoms with Crippen molar-refractivity contribution in [1.29, 1.82) is 0 Å². The maximum atomic E-state index is 13.1. The van der Waals surface area contributed by atoms with Gasteiger partial charge in [-0.05, 0) is 110 Å². The molecular formula is C58H102O13Si3. The van der Waals surface area contributed by atoms with Gasteiger partial charge in [0.05, 0.1) is 81.2 Å². The van der Waals surface area contributed by atoms with Crippen molar-refractivity contribution >= 4 is 30.9 Å². The molecule has 424 valence electrons. The Kier molecular flexibility index (Phi) is 21.6. The van der Waals surface area contributed by atoms with Crippen LogP contribution in [0.4, 0.5) is 0 Å². The lowest BCUT2D eigenvalue weighted by molar-refractivity contribution is -0.271. The van der Waals surface area contributed by atoms with E-state index < -0.39 is 30.7 Å². The summed E-state index contributed by atoms with van der Waals surface area (Å²) in [6.07, 6.45) is 7.09. The summed E-state index contributed by atoms with van der Waals surface area (Å²) in [6, 6.07) is 9.55. The highest BCUT2D eigenvalue weighted by molar-refractivity contribution is 6.74. The predicted octanol–water partition coefficient (Wildman–Crippen LogP) is 12.1. The quantitative estimate of drug-likeness (QED) is 0.0371. The summed E-state index contributed by atoms with van der Waals surface area (Å²) in [5.41, 5.74) is 2.21. The van der Waals surface area contributed by atoms with Crippen LogP contribution in [-0.2, 0) is 60.7 Å². The molecule has 74 heavy (non-hydrogen) atoms. The molecule has 0 aromatic heterocycles. The van der Waals surface area contributed by atoms with Crippen LogP contribution in [0.25, 0.3) is 0 Å². The van der Waals surface area contributed by atoms with Crippen molar-refractivity contribution in [2.24, 2.45) is 11.8 Å². The number of esters is 1. The van der Waals surface area contributed by atoms with Gasteiger partial charge in [-0.2, -0.15) is 0 Å². The number of hydrogen-bond acceptors (Lipinski definition) is 13. The number of carbonyl (C=O) groups excluding carboxylic acids is 1. The second-order valence-electron chi connectivity index (χ2n) is 23.5. The number of rotatable bonds is 31. The molecule has 0 spiro atoms. The molecule has 0 N–H and O–H groups in total. The molecule has 18 atom stereocenters. The summed E-state index contributed by atoms with van der Waals surface area (Å²) in [5, 5.41) is 0. The van der Waals surface area contributed by atoms with Gasteiger partial charge in [-0.25, -0.2) is 0 Å². The first-order chi connectivity index (χ1) is 35.5. The first kappa shape index (κ1) is 60.5. The standard InChI is InChI=1S/C58H102O13Si3/c1-16-26-46-54(71-74(23-8,24-9)25-10)57-56-55(66-46)53-50(67-56)36-58(68-53,69-57)30-29-42-32-39(12)45(63-42)28-27-41-31-38(11)40(13)47(64-41)35-48-44(34-51(59)60-14)52(61-15)49(65-48)33-43(70-73(20-5,21-6)22-7)37-62-72(17-2,18-3)19-4/h16,38,41-50,52-57H,1,12-13,17-37H2,2-11,14-15H3/t38-,41+,42+,43+,44+,45+,46+,47-,48+,49-,50+,52-,53+,54+,55-,56+,57-,58+/m1/s1. The third-order valence-electron chi connectivity index (χ3n) is 19.9. The minimum Gasteiger partial charge on any atom is -0.469 e. The van der Waals surface area contributed by atoms with Crippen LogP contribution in [0.15, 0.2) is 37.0 Å². The van der Waals surface area contributed by atoms with Gasteiger partial charge >= 0.3 is 5.97 Å². The van der Waals surface area contributed by atoms with Crippen LogP contribution in [0.5, 0.6) is 0 Å². The second kappa shape index (κ2) is 26.4. The van der Waals surface area contributed by atoms with E-state index in [9.17, 15) is 4.79 Å². The molecule has 0 aromatic rings. The minimum atomic E-state index is -2.01. The average molecular weight is 1090 g/mol. The number of ether oxygens (including phenoxy) is 9. The van der Waals surface area contributed by atoms with Gasteiger partial charge in [0.1, 0.15) is 30.5 Å². The number of carbonyl (C=O) groups is 1. The summed E-state index contributed by atoms with van der Waals surface area (Å²) in [7, 11) is -2.71. The molecule has 0 saturated carbocycles. The highest BCUT2D eigenvalue weighted by Gasteiger charge is 2.68. The maximum Gasteiger partial charge on any atom is 0.305 e. The Bertz CT molecular complexity index is 1820. The second-order valence-corrected chi connectivity index (χ2v) is 37.7. The van der Waals surface area contributed by atoms with Crippen LogP contribution in [0.2, 0.25) is 54.4 Å². The lowest BCUT2D eigenvalue weighted by atomic mass is 9.82. The van der Waals surface area contributed by atoms with E-state index in [1.165, 1.54) is 7.11 Å². The van der Waals surface area contributed by atoms with E-state index in [4.69, 9.17) is 55.9 Å². The van der Waals surface area contributed by atoms with Gasteiger partial charge in [0.25, 0.3) is 0 Å². The van der Waals surface area contributed by atoms with Gasteiger partial charge in [0, 0.05) is 38.7 Å². The van der Waals surface area contributed by atoms with E-state index in [0.29, 0.717) is 38.7 Å². The van der Waals surface area contributed by atoms with Crippen LogP contribution >= 0.6 is 0 Å². The number of hydrogen-bond donors (Lipinski definition) is 0. The molecule has 8 aliphatic heterocycles. The van der Waals surface area contributed by atoms with Crippen molar-refractivity contribution in [1.82, 2.24) is 0 Å². The van der Waals surface area contributed by atoms with Gasteiger partial charge in [0.15, 0.2) is 30.7 Å². The first-order valence-electron chi connectivity index (χ1n) is 29.7. The molecule has 0 amide bonds. The third-order valence-corrected chi connectivity index (χ3v) is 33.8. The monoisotopic (exact) mass is 1090 g/mol. The molecule has 8 rings (SSSR count). The molecule has 8 fully saturated rings. The van der Waals surface area contributed by atoms with Crippen molar-refractivity contribution in [3.63, 3.8) is 0 Å². The molecule has 6 bridgehead atoms. The zero-order valence-corrected chi connectivity index (χ0v) is 51.2. The van der Waals surface area contributed by atoms with E-state index in [1.807, 2.05) is 6.08 Å². The average Bonchev–Trinajstić information content (AvgIpc) is 4.10. The fourth-order valence-corrected chi connectivity index (χ4v) is 22.7. The van der Waals surface area contributed by atoms with Crippen LogP contribution in [0.1, 0.15) is 140 Å².